The lowest BCUT2D eigenvalue weighted by molar-refractivity contribution is -0.196. The summed E-state index contributed by atoms with van der Waals surface area (Å²) in [5, 5.41) is 28.9. The van der Waals surface area contributed by atoms with Crippen molar-refractivity contribution in [1.29, 1.82) is 0 Å². The molecule has 0 aromatic rings. The molecule has 0 aromatic carbocycles. The average Bonchev–Trinajstić information content (AvgIpc) is 2.78. The van der Waals surface area contributed by atoms with Crippen molar-refractivity contribution >= 4 is 0 Å². The molecule has 1 rings (SSSR count). The highest BCUT2D eigenvalue weighted by atomic mass is 16.6. The van der Waals surface area contributed by atoms with Gasteiger partial charge in [-0.05, 0) is 18.9 Å². The molecule has 4 atom stereocenters. The zero-order chi connectivity index (χ0) is 22.6. The molecule has 0 saturated carbocycles. The molecule has 0 aromatic heterocycles. The quantitative estimate of drug-likeness (QED) is 0.168. The van der Waals surface area contributed by atoms with Gasteiger partial charge in [-0.3, -0.25) is 0 Å². The van der Waals surface area contributed by atoms with Crippen LogP contribution in [0.5, 0.6) is 0 Å². The SMILES string of the molecule is CCCCCCCCCCCCCCCCCC/C=C/O[C@H]1CO[C@H](CO)[C@@H](O)[C@@H]1O. The van der Waals surface area contributed by atoms with E-state index < -0.39 is 24.4 Å². The van der Waals surface area contributed by atoms with Gasteiger partial charge in [0.15, 0.2) is 0 Å². The fourth-order valence-electron chi connectivity index (χ4n) is 4.17. The third-order valence-corrected chi connectivity index (χ3v) is 6.34. The van der Waals surface area contributed by atoms with Gasteiger partial charge in [-0.15, -0.1) is 0 Å². The molecular formula is C26H50O5. The van der Waals surface area contributed by atoms with Crippen LogP contribution in [0.2, 0.25) is 0 Å². The summed E-state index contributed by atoms with van der Waals surface area (Å²) in [6.45, 7) is 2.15. The molecule has 0 amide bonds. The summed E-state index contributed by atoms with van der Waals surface area (Å²) in [7, 11) is 0. The zero-order valence-electron chi connectivity index (χ0n) is 20.1. The van der Waals surface area contributed by atoms with Crippen molar-refractivity contribution in [1.82, 2.24) is 0 Å². The Morgan fingerprint density at radius 1 is 0.742 bits per heavy atom. The van der Waals surface area contributed by atoms with E-state index in [-0.39, 0.29) is 13.2 Å². The molecular weight excluding hydrogens is 392 g/mol. The Morgan fingerprint density at radius 3 is 1.71 bits per heavy atom. The Hall–Kier alpha value is -0.620. The van der Waals surface area contributed by atoms with Crippen LogP contribution in [0.1, 0.15) is 116 Å². The monoisotopic (exact) mass is 442 g/mol. The molecule has 1 heterocycles. The molecule has 0 radical (unpaired) electrons. The zero-order valence-corrected chi connectivity index (χ0v) is 20.1. The van der Waals surface area contributed by atoms with Gasteiger partial charge in [0, 0.05) is 0 Å². The molecule has 1 aliphatic rings. The van der Waals surface area contributed by atoms with E-state index in [0.29, 0.717) is 0 Å². The van der Waals surface area contributed by atoms with Crippen LogP contribution in [0, 0.1) is 0 Å². The maximum atomic E-state index is 9.99. The minimum absolute atomic E-state index is 0.173. The Labute approximate surface area is 191 Å². The first kappa shape index (κ1) is 28.4. The largest absolute Gasteiger partial charge is 0.493 e. The number of unbranched alkanes of at least 4 members (excludes halogenated alkanes) is 16. The number of ether oxygens (including phenoxy) is 2. The Kier molecular flexibility index (Phi) is 18.3. The number of hydrogen-bond donors (Lipinski definition) is 3. The fourth-order valence-corrected chi connectivity index (χ4v) is 4.17. The van der Waals surface area contributed by atoms with E-state index in [1.807, 2.05) is 6.08 Å². The molecule has 3 N–H and O–H groups in total. The first-order chi connectivity index (χ1) is 15.2. The van der Waals surface area contributed by atoms with Crippen molar-refractivity contribution in [2.75, 3.05) is 13.2 Å². The summed E-state index contributed by atoms with van der Waals surface area (Å²) in [6, 6.07) is 0. The van der Waals surface area contributed by atoms with Gasteiger partial charge in [0.05, 0.1) is 19.5 Å². The first-order valence-corrected chi connectivity index (χ1v) is 13.1. The maximum absolute atomic E-state index is 9.99. The van der Waals surface area contributed by atoms with Crippen LogP contribution in [-0.4, -0.2) is 52.9 Å². The summed E-state index contributed by atoms with van der Waals surface area (Å²) in [4.78, 5) is 0. The van der Waals surface area contributed by atoms with Crippen molar-refractivity contribution in [2.24, 2.45) is 0 Å². The van der Waals surface area contributed by atoms with Crippen LogP contribution >= 0.6 is 0 Å². The number of aliphatic hydroxyl groups is 3. The Morgan fingerprint density at radius 2 is 1.23 bits per heavy atom. The number of allylic oxidation sites excluding steroid dienone is 1. The number of rotatable bonds is 20. The van der Waals surface area contributed by atoms with Gasteiger partial charge in [-0.25, -0.2) is 0 Å². The van der Waals surface area contributed by atoms with Gasteiger partial charge in [-0.1, -0.05) is 103 Å². The fraction of sp³-hybridized carbons (Fsp3) is 0.923. The molecule has 1 aliphatic heterocycles. The van der Waals surface area contributed by atoms with E-state index in [9.17, 15) is 10.2 Å². The van der Waals surface area contributed by atoms with Crippen LogP contribution in [0.15, 0.2) is 12.3 Å². The lowest BCUT2D eigenvalue weighted by atomic mass is 10.0. The second-order valence-corrected chi connectivity index (χ2v) is 9.17. The predicted octanol–water partition coefficient (Wildman–Crippen LogP) is 5.65. The smallest absolute Gasteiger partial charge is 0.149 e. The second-order valence-electron chi connectivity index (χ2n) is 9.17. The van der Waals surface area contributed by atoms with Crippen LogP contribution in [0.25, 0.3) is 0 Å². The highest BCUT2D eigenvalue weighted by Gasteiger charge is 2.38. The van der Waals surface area contributed by atoms with E-state index in [0.717, 1.165) is 12.8 Å². The summed E-state index contributed by atoms with van der Waals surface area (Å²) >= 11 is 0. The minimum atomic E-state index is -1.11. The summed E-state index contributed by atoms with van der Waals surface area (Å²) in [6.07, 6.45) is 23.0. The standard InChI is InChI=1S/C26H50O5/c1-2-3-4-5-6-7-8-9-10-11-12-13-14-15-16-17-18-19-20-30-24-22-31-23(21-27)25(28)26(24)29/h19-20,23-29H,2-18,21-22H2,1H3/b20-19+/t23-,24+,25-,26-/m1/s1. The van der Waals surface area contributed by atoms with Gasteiger partial charge in [0.1, 0.15) is 24.4 Å². The van der Waals surface area contributed by atoms with Crippen LogP contribution < -0.4 is 0 Å². The van der Waals surface area contributed by atoms with E-state index in [1.54, 1.807) is 6.26 Å². The van der Waals surface area contributed by atoms with E-state index in [1.165, 1.54) is 96.3 Å². The molecule has 1 saturated heterocycles. The molecule has 5 heteroatoms. The highest BCUT2D eigenvalue weighted by molar-refractivity contribution is 4.89. The molecule has 0 aliphatic carbocycles. The van der Waals surface area contributed by atoms with Crippen molar-refractivity contribution < 1.29 is 24.8 Å². The lowest BCUT2D eigenvalue weighted by Gasteiger charge is -2.36. The predicted molar refractivity (Wildman–Crippen MR) is 127 cm³/mol. The van der Waals surface area contributed by atoms with Crippen molar-refractivity contribution in [3.05, 3.63) is 12.3 Å². The Balaban J connectivity index is 1.82. The van der Waals surface area contributed by atoms with Gasteiger partial charge < -0.3 is 24.8 Å². The third kappa shape index (κ3) is 14.2. The molecule has 0 spiro atoms. The van der Waals surface area contributed by atoms with E-state index in [4.69, 9.17) is 14.6 Å². The topological polar surface area (TPSA) is 79.2 Å². The summed E-state index contributed by atoms with van der Waals surface area (Å²) < 4.78 is 10.8. The second kappa shape index (κ2) is 20.0. The van der Waals surface area contributed by atoms with Crippen molar-refractivity contribution in [3.63, 3.8) is 0 Å². The van der Waals surface area contributed by atoms with Gasteiger partial charge in [0.25, 0.3) is 0 Å². The van der Waals surface area contributed by atoms with Crippen LogP contribution in [-0.2, 0) is 9.47 Å². The van der Waals surface area contributed by atoms with Crippen molar-refractivity contribution in [2.45, 2.75) is 140 Å². The molecule has 5 nitrogen and oxygen atoms in total. The highest BCUT2D eigenvalue weighted by Crippen LogP contribution is 2.18. The van der Waals surface area contributed by atoms with Crippen molar-refractivity contribution in [3.8, 4) is 0 Å². The molecule has 184 valence electrons. The minimum Gasteiger partial charge on any atom is -0.493 e. The molecule has 0 unspecified atom stereocenters. The maximum Gasteiger partial charge on any atom is 0.149 e. The van der Waals surface area contributed by atoms with Gasteiger partial charge >= 0.3 is 0 Å². The molecule has 31 heavy (non-hydrogen) atoms. The number of aliphatic hydroxyl groups excluding tert-OH is 3. The van der Waals surface area contributed by atoms with Gasteiger partial charge in [-0.2, -0.15) is 0 Å². The lowest BCUT2D eigenvalue weighted by Crippen LogP contribution is -2.54. The summed E-state index contributed by atoms with van der Waals surface area (Å²) in [5.41, 5.74) is 0. The van der Waals surface area contributed by atoms with E-state index >= 15 is 0 Å². The van der Waals surface area contributed by atoms with Crippen LogP contribution in [0.4, 0.5) is 0 Å². The number of hydrogen-bond acceptors (Lipinski definition) is 5. The molecule has 0 bridgehead atoms. The average molecular weight is 443 g/mol. The third-order valence-electron chi connectivity index (χ3n) is 6.34. The summed E-state index contributed by atoms with van der Waals surface area (Å²) in [5.74, 6) is 0. The van der Waals surface area contributed by atoms with Gasteiger partial charge in [0.2, 0.25) is 0 Å². The van der Waals surface area contributed by atoms with E-state index in [2.05, 4.69) is 6.92 Å². The van der Waals surface area contributed by atoms with Crippen LogP contribution in [0.3, 0.4) is 0 Å². The molecule has 1 fully saturated rings. The first-order valence-electron chi connectivity index (χ1n) is 13.1. The Bertz CT molecular complexity index is 415. The normalized spacial score (nSPS) is 24.1.